The summed E-state index contributed by atoms with van der Waals surface area (Å²) in [6.45, 7) is 0. The number of carbonyl (C=O) groups excluding carboxylic acids is 1. The van der Waals surface area contributed by atoms with Gasteiger partial charge >= 0.3 is 21.3 Å². The molecule has 18 heavy (non-hydrogen) atoms. The number of hydrogen-bond donors (Lipinski definition) is 1. The third-order valence-corrected chi connectivity index (χ3v) is 5.45. The highest BCUT2D eigenvalue weighted by Gasteiger charge is 2.51. The fourth-order valence-electron chi connectivity index (χ4n) is 1.89. The second-order valence-corrected chi connectivity index (χ2v) is 6.99. The first-order valence-corrected chi connectivity index (χ1v) is 8.31. The van der Waals surface area contributed by atoms with Gasteiger partial charge in [0.1, 0.15) is 4.97 Å². The zero-order valence-corrected chi connectivity index (χ0v) is 12.8. The SMILES string of the molecule is O=C(O[CH]([AlH2])C(F)(F)S(=O)(=O)O)C1CCCCC1. The van der Waals surface area contributed by atoms with Crippen LogP contribution >= 0.6 is 0 Å². The van der Waals surface area contributed by atoms with E-state index in [9.17, 15) is 22.0 Å². The number of hydrogen-bond acceptors (Lipinski definition) is 4. The highest BCUT2D eigenvalue weighted by atomic mass is 32.2. The van der Waals surface area contributed by atoms with Crippen molar-refractivity contribution >= 4 is 32.4 Å². The lowest BCUT2D eigenvalue weighted by molar-refractivity contribution is -0.159. The molecule has 0 aromatic heterocycles. The van der Waals surface area contributed by atoms with Gasteiger partial charge in [-0.2, -0.15) is 17.2 Å². The highest BCUT2D eigenvalue weighted by Crippen LogP contribution is 2.29. The summed E-state index contributed by atoms with van der Waals surface area (Å²) >= 11 is -0.386. The molecule has 0 aromatic rings. The predicted molar refractivity (Wildman–Crippen MR) is 61.5 cm³/mol. The first-order chi connectivity index (χ1) is 8.16. The van der Waals surface area contributed by atoms with Crippen LogP contribution in [0.5, 0.6) is 0 Å². The number of rotatable bonds is 4. The van der Waals surface area contributed by atoms with E-state index in [-0.39, 0.29) is 16.3 Å². The topological polar surface area (TPSA) is 80.7 Å². The molecular weight excluding hydrogens is 285 g/mol. The summed E-state index contributed by atoms with van der Waals surface area (Å²) in [6, 6.07) is 0. The van der Waals surface area contributed by atoms with Crippen molar-refractivity contribution in [3.63, 3.8) is 0 Å². The van der Waals surface area contributed by atoms with Crippen molar-refractivity contribution in [1.82, 2.24) is 0 Å². The van der Waals surface area contributed by atoms with Crippen LogP contribution in [0.25, 0.3) is 0 Å². The molecule has 0 amide bonds. The van der Waals surface area contributed by atoms with Gasteiger partial charge in [0.05, 0.1) is 5.92 Å². The van der Waals surface area contributed by atoms with Crippen molar-refractivity contribution in [3.05, 3.63) is 0 Å². The molecule has 0 saturated heterocycles. The Hall–Kier alpha value is -0.228. The van der Waals surface area contributed by atoms with Crippen LogP contribution in [0.4, 0.5) is 8.78 Å². The number of alkyl halides is 2. The van der Waals surface area contributed by atoms with E-state index >= 15 is 0 Å². The van der Waals surface area contributed by atoms with Gasteiger partial charge in [-0.15, -0.1) is 0 Å². The summed E-state index contributed by atoms with van der Waals surface area (Å²) in [7, 11) is -5.55. The summed E-state index contributed by atoms with van der Waals surface area (Å²) in [5, 5.41) is -4.43. The molecule has 0 bridgehead atoms. The smallest absolute Gasteiger partial charge is 0.391 e. The highest BCUT2D eigenvalue weighted by molar-refractivity contribution is 7.87. The lowest BCUT2D eigenvalue weighted by atomic mass is 9.89. The number of halogens is 2. The molecular formula is C9H15AlF2O5S. The van der Waals surface area contributed by atoms with Gasteiger partial charge in [-0.3, -0.25) is 9.35 Å². The van der Waals surface area contributed by atoms with Crippen LogP contribution in [0.15, 0.2) is 0 Å². The zero-order chi connectivity index (χ0) is 14.0. The second-order valence-electron chi connectivity index (χ2n) is 4.45. The van der Waals surface area contributed by atoms with Crippen LogP contribution in [0.2, 0.25) is 0 Å². The molecule has 1 fully saturated rings. The molecule has 1 N–H and O–H groups in total. The Morgan fingerprint density at radius 1 is 1.33 bits per heavy atom. The summed E-state index contributed by atoms with van der Waals surface area (Å²) in [6.07, 6.45) is 3.81. The minimum absolute atomic E-state index is 0.386. The van der Waals surface area contributed by atoms with Crippen molar-refractivity contribution in [2.24, 2.45) is 5.92 Å². The minimum atomic E-state index is -5.55. The van der Waals surface area contributed by atoms with Gasteiger partial charge in [0.25, 0.3) is 16.3 Å². The maximum Gasteiger partial charge on any atom is 0.391 e. The third kappa shape index (κ3) is 3.63. The molecule has 0 spiro atoms. The van der Waals surface area contributed by atoms with Crippen molar-refractivity contribution in [3.8, 4) is 0 Å². The largest absolute Gasteiger partial charge is 0.472 e. The van der Waals surface area contributed by atoms with Crippen molar-refractivity contribution in [2.45, 2.75) is 42.3 Å². The van der Waals surface area contributed by atoms with Crippen molar-refractivity contribution in [1.29, 1.82) is 0 Å². The van der Waals surface area contributed by atoms with E-state index in [2.05, 4.69) is 4.74 Å². The van der Waals surface area contributed by atoms with Gasteiger partial charge in [0, 0.05) is 0 Å². The summed E-state index contributed by atoms with van der Waals surface area (Å²) < 4.78 is 60.2. The molecule has 0 aromatic carbocycles. The van der Waals surface area contributed by atoms with Gasteiger partial charge < -0.3 is 4.74 Å². The van der Waals surface area contributed by atoms with E-state index in [1.54, 1.807) is 0 Å². The van der Waals surface area contributed by atoms with Crippen molar-refractivity contribution in [2.75, 3.05) is 0 Å². The Labute approximate surface area is 112 Å². The average Bonchev–Trinajstić information content (AvgIpc) is 2.28. The lowest BCUT2D eigenvalue weighted by Gasteiger charge is -2.25. The van der Waals surface area contributed by atoms with Gasteiger partial charge in [0.15, 0.2) is 0 Å². The summed E-state index contributed by atoms with van der Waals surface area (Å²) in [5.74, 6) is -1.23. The third-order valence-electron chi connectivity index (χ3n) is 3.05. The Morgan fingerprint density at radius 2 is 1.83 bits per heavy atom. The van der Waals surface area contributed by atoms with Gasteiger partial charge in [-0.05, 0) is 12.8 Å². The van der Waals surface area contributed by atoms with Crippen molar-refractivity contribution < 1.29 is 31.3 Å². The molecule has 104 valence electrons. The van der Waals surface area contributed by atoms with Crippen LogP contribution < -0.4 is 0 Å². The van der Waals surface area contributed by atoms with Crippen LogP contribution in [0, 0.1) is 5.92 Å². The fourth-order valence-corrected chi connectivity index (χ4v) is 3.48. The molecule has 1 rings (SSSR count). The van der Waals surface area contributed by atoms with Crippen LogP contribution in [-0.4, -0.2) is 45.5 Å². The monoisotopic (exact) mass is 300 g/mol. The van der Waals surface area contributed by atoms with Gasteiger partial charge in [0.2, 0.25) is 0 Å². The zero-order valence-electron chi connectivity index (χ0n) is 9.93. The molecule has 0 radical (unpaired) electrons. The molecule has 1 aliphatic rings. The van der Waals surface area contributed by atoms with Gasteiger partial charge in [-0.25, -0.2) is 0 Å². The molecule has 0 aliphatic heterocycles. The summed E-state index contributed by atoms with van der Waals surface area (Å²) in [4.78, 5) is 9.50. The average molecular weight is 300 g/mol. The minimum Gasteiger partial charge on any atom is -0.472 e. The molecule has 0 heterocycles. The Bertz CT molecular complexity index is 405. The first-order valence-electron chi connectivity index (χ1n) is 5.71. The number of ether oxygens (including phenoxy) is 1. The number of esters is 1. The molecule has 1 atom stereocenters. The van der Waals surface area contributed by atoms with E-state index < -0.39 is 32.2 Å². The summed E-state index contributed by atoms with van der Waals surface area (Å²) in [5.41, 5.74) is 0. The Morgan fingerprint density at radius 3 is 2.28 bits per heavy atom. The van der Waals surface area contributed by atoms with E-state index in [0.717, 1.165) is 19.3 Å². The second kappa shape index (κ2) is 5.82. The predicted octanol–water partition coefficient (Wildman–Crippen LogP) is 0.550. The number of carbonyl (C=O) groups is 1. The van der Waals surface area contributed by atoms with E-state index in [1.807, 2.05) is 0 Å². The first kappa shape index (κ1) is 15.8. The molecule has 9 heteroatoms. The molecule has 5 nitrogen and oxygen atoms in total. The van der Waals surface area contributed by atoms with Gasteiger partial charge in [-0.1, -0.05) is 19.3 Å². The van der Waals surface area contributed by atoms with E-state index in [1.165, 1.54) is 0 Å². The molecule has 1 unspecified atom stereocenters. The van der Waals surface area contributed by atoms with E-state index in [0.29, 0.717) is 12.8 Å². The maximum atomic E-state index is 13.2. The standard InChI is InChI=1S/C9H13F2O5S.Al.2H/c10-9(11,17(13,14)15)6-16-8(12)7-4-2-1-3-5-7;;;/h6-7H,1-5H2,(H,13,14,15);;;. The molecule has 1 saturated carbocycles. The van der Waals surface area contributed by atoms with Crippen LogP contribution in [0.3, 0.4) is 0 Å². The van der Waals surface area contributed by atoms with Crippen LogP contribution in [-0.2, 0) is 19.6 Å². The fraction of sp³-hybridized carbons (Fsp3) is 0.889. The Kier molecular flexibility index (Phi) is 5.12. The maximum absolute atomic E-state index is 13.2. The van der Waals surface area contributed by atoms with E-state index in [4.69, 9.17) is 4.55 Å². The quantitative estimate of drug-likeness (QED) is 0.466. The lowest BCUT2D eigenvalue weighted by Crippen LogP contribution is -2.45. The van der Waals surface area contributed by atoms with Crippen LogP contribution in [0.1, 0.15) is 32.1 Å². The Balaban J connectivity index is 2.64. The molecule has 1 aliphatic carbocycles. The normalized spacial score (nSPS) is 20.4.